The molecule has 64 valence electrons. The maximum Gasteiger partial charge on any atom is 0.0700 e. The first kappa shape index (κ1) is 9.06. The molecule has 0 fully saturated rings. The number of hydrogen-bond acceptors (Lipinski definition) is 1. The molecule has 0 aliphatic heterocycles. The molecule has 1 rings (SSSR count). The highest BCUT2D eigenvalue weighted by Gasteiger charge is 2.21. The van der Waals surface area contributed by atoms with Gasteiger partial charge >= 0.3 is 0 Å². The second-order valence-corrected chi connectivity index (χ2v) is 3.30. The van der Waals surface area contributed by atoms with Crippen molar-refractivity contribution >= 4 is 0 Å². The molecule has 1 nitrogen and oxygen atoms in total. The number of nitriles is 1. The van der Waals surface area contributed by atoms with Crippen molar-refractivity contribution in [3.05, 3.63) is 23.3 Å². The molecule has 0 bridgehead atoms. The van der Waals surface area contributed by atoms with E-state index in [2.05, 4.69) is 19.1 Å². The Morgan fingerprint density at radius 2 is 2.42 bits per heavy atom. The molecule has 12 heavy (non-hydrogen) atoms. The molecule has 0 aromatic heterocycles. The molecule has 1 unspecified atom stereocenters. The molecule has 0 radical (unpaired) electrons. The standard InChI is InChI=1S/C11H15N/c1-3-4-5-11-9(2)6-7-10(11)8-12/h3-4,10H,5-7H2,1-2H3. The van der Waals surface area contributed by atoms with Gasteiger partial charge in [-0.1, -0.05) is 23.3 Å². The minimum absolute atomic E-state index is 0.196. The van der Waals surface area contributed by atoms with Crippen molar-refractivity contribution < 1.29 is 0 Å². The first-order chi connectivity index (χ1) is 5.79. The molecule has 1 atom stereocenters. The third-order valence-electron chi connectivity index (χ3n) is 2.51. The van der Waals surface area contributed by atoms with Crippen LogP contribution in [-0.2, 0) is 0 Å². The molecular formula is C11H15N. The monoisotopic (exact) mass is 161 g/mol. The van der Waals surface area contributed by atoms with Crippen LogP contribution < -0.4 is 0 Å². The fourth-order valence-electron chi connectivity index (χ4n) is 1.70. The second kappa shape index (κ2) is 4.11. The Balaban J connectivity index is 2.70. The van der Waals surface area contributed by atoms with Gasteiger partial charge in [0.2, 0.25) is 0 Å². The van der Waals surface area contributed by atoms with Crippen molar-refractivity contribution in [3.63, 3.8) is 0 Å². The molecule has 0 amide bonds. The molecular weight excluding hydrogens is 146 g/mol. The van der Waals surface area contributed by atoms with E-state index in [1.807, 2.05) is 13.0 Å². The van der Waals surface area contributed by atoms with Crippen LogP contribution in [0, 0.1) is 17.2 Å². The zero-order chi connectivity index (χ0) is 8.97. The molecule has 1 aliphatic carbocycles. The van der Waals surface area contributed by atoms with E-state index in [1.165, 1.54) is 11.1 Å². The van der Waals surface area contributed by atoms with E-state index < -0.39 is 0 Å². The molecule has 0 spiro atoms. The van der Waals surface area contributed by atoms with Gasteiger partial charge in [-0.25, -0.2) is 0 Å². The van der Waals surface area contributed by atoms with Crippen molar-refractivity contribution in [1.29, 1.82) is 5.26 Å². The predicted molar refractivity (Wildman–Crippen MR) is 50.5 cm³/mol. The van der Waals surface area contributed by atoms with Crippen LogP contribution in [0.25, 0.3) is 0 Å². The maximum absolute atomic E-state index is 8.85. The first-order valence-electron chi connectivity index (χ1n) is 4.49. The van der Waals surface area contributed by atoms with E-state index in [0.717, 1.165) is 19.3 Å². The number of nitrogens with zero attached hydrogens (tertiary/aromatic N) is 1. The van der Waals surface area contributed by atoms with Crippen molar-refractivity contribution in [2.24, 2.45) is 5.92 Å². The Kier molecular flexibility index (Phi) is 3.10. The second-order valence-electron chi connectivity index (χ2n) is 3.30. The summed E-state index contributed by atoms with van der Waals surface area (Å²) in [5.74, 6) is 0.196. The van der Waals surface area contributed by atoms with Gasteiger partial charge in [0.1, 0.15) is 0 Å². The maximum atomic E-state index is 8.85. The number of rotatable bonds is 2. The van der Waals surface area contributed by atoms with E-state index in [4.69, 9.17) is 5.26 Å². The highest BCUT2D eigenvalue weighted by atomic mass is 14.3. The molecule has 0 heterocycles. The molecule has 0 saturated heterocycles. The lowest BCUT2D eigenvalue weighted by Crippen LogP contribution is -1.94. The Hall–Kier alpha value is -1.03. The Bertz CT molecular complexity index is 253. The fraction of sp³-hybridized carbons (Fsp3) is 0.545. The van der Waals surface area contributed by atoms with Gasteiger partial charge < -0.3 is 0 Å². The average molecular weight is 161 g/mol. The lowest BCUT2D eigenvalue weighted by atomic mass is 9.99. The van der Waals surface area contributed by atoms with Gasteiger partial charge in [-0.15, -0.1) is 0 Å². The Labute approximate surface area is 74.4 Å². The zero-order valence-corrected chi connectivity index (χ0v) is 7.80. The summed E-state index contributed by atoms with van der Waals surface area (Å²) in [5, 5.41) is 8.85. The van der Waals surface area contributed by atoms with Gasteiger partial charge in [-0.05, 0) is 33.1 Å². The lowest BCUT2D eigenvalue weighted by Gasteiger charge is -2.03. The smallest absolute Gasteiger partial charge is 0.0700 e. The van der Waals surface area contributed by atoms with Crippen molar-refractivity contribution in [3.8, 4) is 6.07 Å². The number of hydrogen-bond donors (Lipinski definition) is 0. The van der Waals surface area contributed by atoms with E-state index >= 15 is 0 Å². The quantitative estimate of drug-likeness (QED) is 0.570. The van der Waals surface area contributed by atoms with Crippen molar-refractivity contribution in [2.45, 2.75) is 33.1 Å². The molecule has 0 aromatic rings. The third kappa shape index (κ3) is 1.76. The third-order valence-corrected chi connectivity index (χ3v) is 2.51. The van der Waals surface area contributed by atoms with E-state index in [1.54, 1.807) is 0 Å². The van der Waals surface area contributed by atoms with Crippen LogP contribution in [0.4, 0.5) is 0 Å². The molecule has 0 aromatic carbocycles. The minimum Gasteiger partial charge on any atom is -0.198 e. The van der Waals surface area contributed by atoms with Gasteiger partial charge in [-0.3, -0.25) is 0 Å². The largest absolute Gasteiger partial charge is 0.198 e. The minimum atomic E-state index is 0.196. The molecule has 1 aliphatic rings. The summed E-state index contributed by atoms with van der Waals surface area (Å²) in [7, 11) is 0. The zero-order valence-electron chi connectivity index (χ0n) is 7.80. The normalized spacial score (nSPS) is 23.6. The topological polar surface area (TPSA) is 23.8 Å². The highest BCUT2D eigenvalue weighted by Crippen LogP contribution is 2.33. The van der Waals surface area contributed by atoms with Gasteiger partial charge in [0.25, 0.3) is 0 Å². The van der Waals surface area contributed by atoms with Crippen LogP contribution >= 0.6 is 0 Å². The molecule has 0 N–H and O–H groups in total. The number of allylic oxidation sites excluding steroid dienone is 4. The summed E-state index contributed by atoms with van der Waals surface area (Å²) in [6.07, 6.45) is 7.31. The van der Waals surface area contributed by atoms with E-state index in [-0.39, 0.29) is 5.92 Å². The van der Waals surface area contributed by atoms with Gasteiger partial charge in [0, 0.05) is 0 Å². The Morgan fingerprint density at radius 1 is 1.67 bits per heavy atom. The highest BCUT2D eigenvalue weighted by molar-refractivity contribution is 5.27. The van der Waals surface area contributed by atoms with Crippen LogP contribution in [0.1, 0.15) is 33.1 Å². The molecule has 1 heteroatoms. The summed E-state index contributed by atoms with van der Waals surface area (Å²) in [6.45, 7) is 4.17. The van der Waals surface area contributed by atoms with Crippen LogP contribution in [-0.4, -0.2) is 0 Å². The Morgan fingerprint density at radius 3 is 3.00 bits per heavy atom. The summed E-state index contributed by atoms with van der Waals surface area (Å²) in [6, 6.07) is 2.36. The first-order valence-corrected chi connectivity index (χ1v) is 4.49. The van der Waals surface area contributed by atoms with Crippen molar-refractivity contribution in [1.82, 2.24) is 0 Å². The fourth-order valence-corrected chi connectivity index (χ4v) is 1.70. The van der Waals surface area contributed by atoms with Crippen LogP contribution in [0.3, 0.4) is 0 Å². The van der Waals surface area contributed by atoms with Crippen LogP contribution in [0.2, 0.25) is 0 Å². The molecule has 0 saturated carbocycles. The van der Waals surface area contributed by atoms with Crippen LogP contribution in [0.15, 0.2) is 23.3 Å². The van der Waals surface area contributed by atoms with Gasteiger partial charge in [0.05, 0.1) is 12.0 Å². The van der Waals surface area contributed by atoms with Crippen LogP contribution in [0.5, 0.6) is 0 Å². The summed E-state index contributed by atoms with van der Waals surface area (Å²) in [5.41, 5.74) is 2.79. The summed E-state index contributed by atoms with van der Waals surface area (Å²) >= 11 is 0. The van der Waals surface area contributed by atoms with Crippen molar-refractivity contribution in [2.75, 3.05) is 0 Å². The van der Waals surface area contributed by atoms with E-state index in [9.17, 15) is 0 Å². The van der Waals surface area contributed by atoms with Gasteiger partial charge in [-0.2, -0.15) is 5.26 Å². The van der Waals surface area contributed by atoms with Gasteiger partial charge in [0.15, 0.2) is 0 Å². The average Bonchev–Trinajstić information content (AvgIpc) is 2.43. The van der Waals surface area contributed by atoms with E-state index in [0.29, 0.717) is 0 Å². The summed E-state index contributed by atoms with van der Waals surface area (Å²) in [4.78, 5) is 0. The SMILES string of the molecule is CC=CCC1=C(C)CCC1C#N. The summed E-state index contributed by atoms with van der Waals surface area (Å²) < 4.78 is 0. The predicted octanol–water partition coefficient (Wildman–Crippen LogP) is 3.20. The lowest BCUT2D eigenvalue weighted by molar-refractivity contribution is 0.740.